The van der Waals surface area contributed by atoms with E-state index < -0.39 is 0 Å². The number of nitrogens with zero attached hydrogens (tertiary/aromatic N) is 3. The molecule has 124 valence electrons. The minimum absolute atomic E-state index is 0.0563. The molecule has 0 aromatic carbocycles. The number of methoxy groups -OCH3 is 1. The Morgan fingerprint density at radius 1 is 1.23 bits per heavy atom. The lowest BCUT2D eigenvalue weighted by atomic mass is 9.95. The van der Waals surface area contributed by atoms with Crippen molar-refractivity contribution >= 4 is 5.82 Å². The van der Waals surface area contributed by atoms with Crippen LogP contribution in [-0.4, -0.2) is 29.7 Å². The van der Waals surface area contributed by atoms with E-state index in [0.717, 1.165) is 23.9 Å². The van der Waals surface area contributed by atoms with Crippen LogP contribution < -0.4 is 4.90 Å². The van der Waals surface area contributed by atoms with Gasteiger partial charge in [-0.1, -0.05) is 34.1 Å². The Labute approximate surface area is 135 Å². The molecule has 1 aromatic rings. The van der Waals surface area contributed by atoms with Crippen LogP contribution in [0.25, 0.3) is 0 Å². The second-order valence-electron chi connectivity index (χ2n) is 7.76. The first-order valence-electron chi connectivity index (χ1n) is 8.45. The van der Waals surface area contributed by atoms with Crippen LogP contribution in [0.2, 0.25) is 0 Å². The predicted octanol–water partition coefficient (Wildman–Crippen LogP) is 3.94. The summed E-state index contributed by atoms with van der Waals surface area (Å²) in [5.41, 5.74) is 0.917. The monoisotopic (exact) mass is 305 g/mol. The smallest absolute Gasteiger partial charge is 0.136 e. The fourth-order valence-corrected chi connectivity index (χ4v) is 3.03. The minimum Gasteiger partial charge on any atom is -0.378 e. The second-order valence-corrected chi connectivity index (χ2v) is 7.76. The van der Waals surface area contributed by atoms with Crippen molar-refractivity contribution in [3.05, 3.63) is 17.6 Å². The molecule has 0 N–H and O–H groups in total. The number of rotatable bonds is 3. The zero-order chi connectivity index (χ0) is 16.3. The first kappa shape index (κ1) is 17.2. The Hall–Kier alpha value is -1.16. The summed E-state index contributed by atoms with van der Waals surface area (Å²) in [4.78, 5) is 12.1. The number of anilines is 1. The molecule has 4 nitrogen and oxygen atoms in total. The molecule has 1 aliphatic rings. The maximum atomic E-state index is 5.30. The van der Waals surface area contributed by atoms with E-state index in [4.69, 9.17) is 14.7 Å². The zero-order valence-corrected chi connectivity index (χ0v) is 15.0. The summed E-state index contributed by atoms with van der Waals surface area (Å²) < 4.78 is 5.30. The summed E-state index contributed by atoms with van der Waals surface area (Å²) in [5.74, 6) is 2.68. The average Bonchev–Trinajstić information content (AvgIpc) is 2.59. The normalized spacial score (nSPS) is 23.5. The molecule has 1 aliphatic heterocycles. The van der Waals surface area contributed by atoms with Crippen LogP contribution in [0.3, 0.4) is 0 Å². The first-order chi connectivity index (χ1) is 10.3. The van der Waals surface area contributed by atoms with Crippen molar-refractivity contribution in [1.29, 1.82) is 0 Å². The Balaban J connectivity index is 2.41. The topological polar surface area (TPSA) is 38.2 Å². The van der Waals surface area contributed by atoms with E-state index in [1.807, 2.05) is 0 Å². The minimum atomic E-state index is -0.0563. The molecule has 1 saturated heterocycles. The van der Waals surface area contributed by atoms with Crippen LogP contribution in [0.1, 0.15) is 65.4 Å². The molecule has 1 fully saturated rings. The third-order valence-electron chi connectivity index (χ3n) is 4.38. The highest BCUT2D eigenvalue weighted by molar-refractivity contribution is 5.42. The number of aromatic nitrogens is 2. The summed E-state index contributed by atoms with van der Waals surface area (Å²) in [6.45, 7) is 12.8. The van der Waals surface area contributed by atoms with Gasteiger partial charge in [-0.05, 0) is 25.7 Å². The molecule has 0 spiro atoms. The quantitative estimate of drug-likeness (QED) is 0.848. The number of hydrogen-bond donors (Lipinski definition) is 0. The number of hydrogen-bond acceptors (Lipinski definition) is 4. The lowest BCUT2D eigenvalue weighted by Crippen LogP contribution is -2.36. The van der Waals surface area contributed by atoms with Gasteiger partial charge in [0.2, 0.25) is 0 Å². The predicted molar refractivity (Wildman–Crippen MR) is 91.3 cm³/mol. The van der Waals surface area contributed by atoms with Gasteiger partial charge in [-0.25, -0.2) is 9.97 Å². The van der Waals surface area contributed by atoms with Crippen molar-refractivity contribution in [2.24, 2.45) is 5.92 Å². The number of ether oxygens (including phenoxy) is 1. The lowest BCUT2D eigenvalue weighted by molar-refractivity contribution is 0.181. The van der Waals surface area contributed by atoms with Gasteiger partial charge in [-0.15, -0.1) is 0 Å². The van der Waals surface area contributed by atoms with Gasteiger partial charge in [-0.2, -0.15) is 0 Å². The molecular formula is C18H31N3O. The maximum Gasteiger partial charge on any atom is 0.136 e. The van der Waals surface area contributed by atoms with Gasteiger partial charge in [0.05, 0.1) is 12.3 Å². The van der Waals surface area contributed by atoms with E-state index in [0.29, 0.717) is 18.6 Å². The molecule has 2 unspecified atom stereocenters. The summed E-state index contributed by atoms with van der Waals surface area (Å²) in [5, 5.41) is 0. The van der Waals surface area contributed by atoms with Gasteiger partial charge in [0.15, 0.2) is 0 Å². The van der Waals surface area contributed by atoms with Crippen molar-refractivity contribution in [3.63, 3.8) is 0 Å². The van der Waals surface area contributed by atoms with E-state index in [2.05, 4.69) is 45.6 Å². The van der Waals surface area contributed by atoms with Gasteiger partial charge in [-0.3, -0.25) is 0 Å². The van der Waals surface area contributed by atoms with Crippen LogP contribution in [0.15, 0.2) is 6.07 Å². The fraction of sp³-hybridized carbons (Fsp3) is 0.778. The van der Waals surface area contributed by atoms with Crippen molar-refractivity contribution < 1.29 is 4.74 Å². The largest absolute Gasteiger partial charge is 0.378 e. The average molecular weight is 305 g/mol. The molecule has 0 amide bonds. The van der Waals surface area contributed by atoms with E-state index in [-0.39, 0.29) is 5.41 Å². The molecule has 0 saturated carbocycles. The van der Waals surface area contributed by atoms with Crippen LogP contribution in [-0.2, 0) is 16.8 Å². The third kappa shape index (κ3) is 4.19. The van der Waals surface area contributed by atoms with Crippen molar-refractivity contribution in [2.75, 3.05) is 18.6 Å². The zero-order valence-electron chi connectivity index (χ0n) is 15.0. The standard InChI is InChI=1S/C18H31N3O/c1-13-8-7-9-14(2)21(11-13)16-10-15(12-22-6)19-17(20-16)18(3,4)5/h10,13-14H,7-9,11-12H2,1-6H3. The van der Waals surface area contributed by atoms with Crippen LogP contribution in [0.5, 0.6) is 0 Å². The summed E-state index contributed by atoms with van der Waals surface area (Å²) >= 11 is 0. The maximum absolute atomic E-state index is 5.30. The molecule has 22 heavy (non-hydrogen) atoms. The van der Waals surface area contributed by atoms with E-state index in [1.165, 1.54) is 19.3 Å². The van der Waals surface area contributed by atoms with Crippen LogP contribution >= 0.6 is 0 Å². The molecule has 0 radical (unpaired) electrons. The molecular weight excluding hydrogens is 274 g/mol. The molecule has 1 aromatic heterocycles. The van der Waals surface area contributed by atoms with Gasteiger partial charge in [0.1, 0.15) is 11.6 Å². The fourth-order valence-electron chi connectivity index (χ4n) is 3.03. The molecule has 2 heterocycles. The highest BCUT2D eigenvalue weighted by Crippen LogP contribution is 2.28. The summed E-state index contributed by atoms with van der Waals surface area (Å²) in [6.07, 6.45) is 3.85. The van der Waals surface area contributed by atoms with Crippen molar-refractivity contribution in [3.8, 4) is 0 Å². The van der Waals surface area contributed by atoms with Crippen LogP contribution in [0.4, 0.5) is 5.82 Å². The Morgan fingerprint density at radius 2 is 1.95 bits per heavy atom. The molecule has 2 atom stereocenters. The first-order valence-corrected chi connectivity index (χ1v) is 8.45. The van der Waals surface area contributed by atoms with Gasteiger partial charge >= 0.3 is 0 Å². The highest BCUT2D eigenvalue weighted by atomic mass is 16.5. The van der Waals surface area contributed by atoms with Gasteiger partial charge in [0, 0.05) is 31.2 Å². The van der Waals surface area contributed by atoms with Crippen LogP contribution in [0, 0.1) is 5.92 Å². The Bertz CT molecular complexity index is 496. The second kappa shape index (κ2) is 6.95. The Morgan fingerprint density at radius 3 is 2.59 bits per heavy atom. The van der Waals surface area contributed by atoms with Gasteiger partial charge < -0.3 is 9.64 Å². The summed E-state index contributed by atoms with van der Waals surface area (Å²) in [6, 6.07) is 2.64. The van der Waals surface area contributed by atoms with Crippen molar-refractivity contribution in [1.82, 2.24) is 9.97 Å². The third-order valence-corrected chi connectivity index (χ3v) is 4.38. The molecule has 0 bridgehead atoms. The van der Waals surface area contributed by atoms with Gasteiger partial charge in [0.25, 0.3) is 0 Å². The van der Waals surface area contributed by atoms with E-state index in [1.54, 1.807) is 7.11 Å². The molecule has 4 heteroatoms. The van der Waals surface area contributed by atoms with Crippen molar-refractivity contribution in [2.45, 2.75) is 71.9 Å². The SMILES string of the molecule is COCc1cc(N2CC(C)CCCC2C)nc(C(C)(C)C)n1. The molecule has 2 rings (SSSR count). The lowest BCUT2D eigenvalue weighted by Gasteiger charge is -2.31. The highest BCUT2D eigenvalue weighted by Gasteiger charge is 2.25. The Kier molecular flexibility index (Phi) is 5.43. The summed E-state index contributed by atoms with van der Waals surface area (Å²) in [7, 11) is 1.72. The van der Waals surface area contributed by atoms with E-state index in [9.17, 15) is 0 Å². The molecule has 0 aliphatic carbocycles. The van der Waals surface area contributed by atoms with E-state index >= 15 is 0 Å².